The number of alkyl halides is 2. The van der Waals surface area contributed by atoms with E-state index in [0.29, 0.717) is 17.9 Å². The Labute approximate surface area is 117 Å². The zero-order valence-corrected chi connectivity index (χ0v) is 11.3. The van der Waals surface area contributed by atoms with Gasteiger partial charge in [0.2, 0.25) is 0 Å². The molecule has 2 nitrogen and oxygen atoms in total. The molecule has 1 atom stereocenters. The van der Waals surface area contributed by atoms with E-state index < -0.39 is 12.5 Å². The number of benzene rings is 2. The van der Waals surface area contributed by atoms with Crippen molar-refractivity contribution in [3.63, 3.8) is 0 Å². The summed E-state index contributed by atoms with van der Waals surface area (Å²) in [7, 11) is 0. The van der Waals surface area contributed by atoms with Crippen molar-refractivity contribution in [3.05, 3.63) is 42.0 Å². The quantitative estimate of drug-likeness (QED) is 0.925. The Kier molecular flexibility index (Phi) is 5.51. The molecule has 0 aliphatic heterocycles. The van der Waals surface area contributed by atoms with Gasteiger partial charge in [-0.1, -0.05) is 30.3 Å². The van der Waals surface area contributed by atoms with Gasteiger partial charge in [-0.25, -0.2) is 8.78 Å². The molecule has 19 heavy (non-hydrogen) atoms. The molecule has 0 radical (unpaired) electrons. The molecule has 2 aromatic carbocycles. The lowest BCUT2D eigenvalue weighted by Gasteiger charge is -2.18. The van der Waals surface area contributed by atoms with E-state index >= 15 is 0 Å². The Balaban J connectivity index is 0.00000180. The highest BCUT2D eigenvalue weighted by molar-refractivity contribution is 5.88. The summed E-state index contributed by atoms with van der Waals surface area (Å²) in [6.45, 7) is 2.23. The summed E-state index contributed by atoms with van der Waals surface area (Å²) in [4.78, 5) is 0. The smallest absolute Gasteiger partial charge is 0.257 e. The second kappa shape index (κ2) is 6.68. The van der Waals surface area contributed by atoms with Crippen LogP contribution in [0.3, 0.4) is 0 Å². The Hall–Kier alpha value is -1.39. The van der Waals surface area contributed by atoms with Gasteiger partial charge >= 0.3 is 0 Å². The average molecular weight is 288 g/mol. The molecule has 0 aromatic heterocycles. The molecule has 0 aliphatic rings. The number of nitrogens with two attached hydrogens (primary N) is 1. The van der Waals surface area contributed by atoms with Gasteiger partial charge in [-0.15, -0.1) is 12.4 Å². The Morgan fingerprint density at radius 1 is 1.16 bits per heavy atom. The second-order valence-electron chi connectivity index (χ2n) is 3.99. The fourth-order valence-corrected chi connectivity index (χ4v) is 2.03. The molecule has 2 rings (SSSR count). The van der Waals surface area contributed by atoms with Gasteiger partial charge < -0.3 is 10.5 Å². The zero-order chi connectivity index (χ0) is 13.1. The van der Waals surface area contributed by atoms with Gasteiger partial charge in [0.25, 0.3) is 6.43 Å². The predicted molar refractivity (Wildman–Crippen MR) is 75.3 cm³/mol. The Morgan fingerprint density at radius 2 is 1.84 bits per heavy atom. The first-order valence-electron chi connectivity index (χ1n) is 5.83. The van der Waals surface area contributed by atoms with Crippen molar-refractivity contribution >= 4 is 23.2 Å². The molecular formula is C14H16ClF2NO. The molecule has 0 fully saturated rings. The van der Waals surface area contributed by atoms with E-state index in [1.165, 1.54) is 0 Å². The highest BCUT2D eigenvalue weighted by Crippen LogP contribution is 2.34. The molecule has 0 amide bonds. The first kappa shape index (κ1) is 15.7. The first-order chi connectivity index (χ1) is 8.65. The van der Waals surface area contributed by atoms with Crippen LogP contribution in [-0.2, 0) is 0 Å². The van der Waals surface area contributed by atoms with Crippen molar-refractivity contribution in [1.82, 2.24) is 0 Å². The van der Waals surface area contributed by atoms with E-state index in [9.17, 15) is 8.78 Å². The maximum absolute atomic E-state index is 12.9. The lowest BCUT2D eigenvalue weighted by molar-refractivity contribution is 0.115. The van der Waals surface area contributed by atoms with Crippen LogP contribution < -0.4 is 10.5 Å². The molecule has 104 valence electrons. The molecule has 0 heterocycles. The van der Waals surface area contributed by atoms with Crippen LogP contribution in [0.5, 0.6) is 5.75 Å². The van der Waals surface area contributed by atoms with Gasteiger partial charge in [0.15, 0.2) is 0 Å². The third-order valence-electron chi connectivity index (χ3n) is 2.84. The van der Waals surface area contributed by atoms with Crippen LogP contribution >= 0.6 is 12.4 Å². The van der Waals surface area contributed by atoms with E-state index in [2.05, 4.69) is 0 Å². The van der Waals surface area contributed by atoms with Crippen molar-refractivity contribution in [2.45, 2.75) is 19.4 Å². The second-order valence-corrected chi connectivity index (χ2v) is 3.99. The number of rotatable bonds is 4. The van der Waals surface area contributed by atoms with Gasteiger partial charge in [-0.05, 0) is 23.8 Å². The van der Waals surface area contributed by atoms with Gasteiger partial charge in [-0.2, -0.15) is 0 Å². The standard InChI is InChI=1S/C14H15F2NO.ClH/c1-2-18-11-8-7-9-5-3-4-6-10(9)12(11)13(17)14(15)16;/h3-8,13-14H,2,17H2,1H3;1H/t13-;/m0./s1. The molecule has 0 spiro atoms. The molecule has 0 saturated heterocycles. The number of halogens is 3. The van der Waals surface area contributed by atoms with E-state index in [1.54, 1.807) is 18.2 Å². The van der Waals surface area contributed by atoms with Gasteiger partial charge in [0.05, 0.1) is 12.6 Å². The maximum atomic E-state index is 12.9. The fraction of sp³-hybridized carbons (Fsp3) is 0.286. The Morgan fingerprint density at radius 3 is 2.47 bits per heavy atom. The highest BCUT2D eigenvalue weighted by Gasteiger charge is 2.23. The van der Waals surface area contributed by atoms with Crippen molar-refractivity contribution in [1.29, 1.82) is 0 Å². The van der Waals surface area contributed by atoms with Gasteiger partial charge in [0.1, 0.15) is 5.75 Å². The number of hydrogen-bond donors (Lipinski definition) is 1. The topological polar surface area (TPSA) is 35.2 Å². The third kappa shape index (κ3) is 3.14. The third-order valence-corrected chi connectivity index (χ3v) is 2.84. The fourth-order valence-electron chi connectivity index (χ4n) is 2.03. The summed E-state index contributed by atoms with van der Waals surface area (Å²) in [5.74, 6) is 0.434. The van der Waals surface area contributed by atoms with Crippen LogP contribution in [-0.4, -0.2) is 13.0 Å². The predicted octanol–water partition coefficient (Wildman–Crippen LogP) is 3.93. The van der Waals surface area contributed by atoms with Crippen LogP contribution in [0.1, 0.15) is 18.5 Å². The maximum Gasteiger partial charge on any atom is 0.257 e. The van der Waals surface area contributed by atoms with Crippen LogP contribution in [0.25, 0.3) is 10.8 Å². The van der Waals surface area contributed by atoms with E-state index in [-0.39, 0.29) is 12.4 Å². The molecule has 2 N–H and O–H groups in total. The van der Waals surface area contributed by atoms with Crippen LogP contribution in [0, 0.1) is 0 Å². The summed E-state index contributed by atoms with van der Waals surface area (Å²) >= 11 is 0. The monoisotopic (exact) mass is 287 g/mol. The summed E-state index contributed by atoms with van der Waals surface area (Å²) < 4.78 is 31.2. The lowest BCUT2D eigenvalue weighted by Crippen LogP contribution is -2.20. The summed E-state index contributed by atoms with van der Waals surface area (Å²) in [6, 6.07) is 9.53. The van der Waals surface area contributed by atoms with Crippen molar-refractivity contribution in [3.8, 4) is 5.75 Å². The number of hydrogen-bond acceptors (Lipinski definition) is 2. The summed E-state index contributed by atoms with van der Waals surface area (Å²) in [5.41, 5.74) is 5.98. The van der Waals surface area contributed by atoms with Crippen molar-refractivity contribution in [2.75, 3.05) is 6.61 Å². The minimum Gasteiger partial charge on any atom is -0.494 e. The molecule has 2 aromatic rings. The minimum absolute atomic E-state index is 0. The van der Waals surface area contributed by atoms with Crippen molar-refractivity contribution < 1.29 is 13.5 Å². The molecule has 0 aliphatic carbocycles. The zero-order valence-electron chi connectivity index (χ0n) is 10.5. The molecular weight excluding hydrogens is 272 g/mol. The molecule has 0 unspecified atom stereocenters. The average Bonchev–Trinajstić information content (AvgIpc) is 2.38. The lowest BCUT2D eigenvalue weighted by atomic mass is 9.98. The first-order valence-corrected chi connectivity index (χ1v) is 5.83. The Bertz CT molecular complexity index is 548. The highest BCUT2D eigenvalue weighted by atomic mass is 35.5. The summed E-state index contributed by atoms with van der Waals surface area (Å²) in [6.07, 6.45) is -2.62. The van der Waals surface area contributed by atoms with Gasteiger partial charge in [0, 0.05) is 5.56 Å². The normalized spacial score (nSPS) is 12.3. The van der Waals surface area contributed by atoms with Crippen LogP contribution in [0.15, 0.2) is 36.4 Å². The number of fused-ring (bicyclic) bond motifs is 1. The number of ether oxygens (including phenoxy) is 1. The van der Waals surface area contributed by atoms with Gasteiger partial charge in [-0.3, -0.25) is 0 Å². The van der Waals surface area contributed by atoms with E-state index in [0.717, 1.165) is 10.8 Å². The van der Waals surface area contributed by atoms with E-state index in [1.807, 2.05) is 25.1 Å². The van der Waals surface area contributed by atoms with Crippen molar-refractivity contribution in [2.24, 2.45) is 5.73 Å². The summed E-state index contributed by atoms with van der Waals surface area (Å²) in [5, 5.41) is 1.60. The largest absolute Gasteiger partial charge is 0.494 e. The van der Waals surface area contributed by atoms with Crippen LogP contribution in [0.4, 0.5) is 8.78 Å². The SMILES string of the molecule is CCOc1ccc2ccccc2c1[C@H](N)C(F)F.Cl. The molecule has 0 saturated carbocycles. The van der Waals surface area contributed by atoms with Crippen LogP contribution in [0.2, 0.25) is 0 Å². The molecule has 0 bridgehead atoms. The minimum atomic E-state index is -2.62. The van der Waals surface area contributed by atoms with E-state index in [4.69, 9.17) is 10.5 Å². The molecule has 5 heteroatoms.